The SMILES string of the molecule is NC(=O)c1cc2c(cc1N)OC(F)(F)O2. The number of primary amides is 1. The van der Waals surface area contributed by atoms with Gasteiger partial charge >= 0.3 is 6.29 Å². The van der Waals surface area contributed by atoms with Crippen molar-refractivity contribution in [2.24, 2.45) is 5.73 Å². The van der Waals surface area contributed by atoms with Crippen LogP contribution in [0, 0.1) is 0 Å². The molecule has 0 aliphatic carbocycles. The molecule has 0 bridgehead atoms. The summed E-state index contributed by atoms with van der Waals surface area (Å²) in [5.41, 5.74) is 10.2. The van der Waals surface area contributed by atoms with Crippen LogP contribution in [0.25, 0.3) is 0 Å². The molecule has 15 heavy (non-hydrogen) atoms. The Bertz CT molecular complexity index is 448. The molecule has 0 atom stereocenters. The van der Waals surface area contributed by atoms with Gasteiger partial charge in [0.05, 0.1) is 5.56 Å². The molecule has 1 heterocycles. The number of fused-ring (bicyclic) bond motifs is 1. The first-order valence-electron chi connectivity index (χ1n) is 3.88. The quantitative estimate of drug-likeness (QED) is 0.676. The zero-order valence-electron chi connectivity index (χ0n) is 7.29. The molecule has 0 aromatic heterocycles. The monoisotopic (exact) mass is 216 g/mol. The van der Waals surface area contributed by atoms with E-state index in [1.807, 2.05) is 0 Å². The largest absolute Gasteiger partial charge is 0.586 e. The fourth-order valence-electron chi connectivity index (χ4n) is 1.23. The fraction of sp³-hybridized carbons (Fsp3) is 0.125. The number of hydrogen-bond donors (Lipinski definition) is 2. The molecule has 80 valence electrons. The zero-order chi connectivity index (χ0) is 11.2. The van der Waals surface area contributed by atoms with Crippen LogP contribution in [0.3, 0.4) is 0 Å². The lowest BCUT2D eigenvalue weighted by atomic mass is 10.1. The van der Waals surface area contributed by atoms with Gasteiger partial charge in [-0.05, 0) is 6.07 Å². The highest BCUT2D eigenvalue weighted by Crippen LogP contribution is 2.43. The Balaban J connectivity index is 2.50. The van der Waals surface area contributed by atoms with Crippen molar-refractivity contribution >= 4 is 11.6 Å². The summed E-state index contributed by atoms with van der Waals surface area (Å²) in [4.78, 5) is 10.8. The maximum atomic E-state index is 12.6. The highest BCUT2D eigenvalue weighted by atomic mass is 19.3. The molecule has 0 unspecified atom stereocenters. The van der Waals surface area contributed by atoms with Gasteiger partial charge < -0.3 is 20.9 Å². The van der Waals surface area contributed by atoms with E-state index < -0.39 is 12.2 Å². The molecule has 0 fully saturated rings. The van der Waals surface area contributed by atoms with Gasteiger partial charge in [0, 0.05) is 11.8 Å². The first-order chi connectivity index (χ1) is 6.89. The molecule has 2 rings (SSSR count). The topological polar surface area (TPSA) is 87.6 Å². The van der Waals surface area contributed by atoms with Gasteiger partial charge in [0.1, 0.15) is 0 Å². The Morgan fingerprint density at radius 2 is 1.80 bits per heavy atom. The van der Waals surface area contributed by atoms with Gasteiger partial charge in [-0.2, -0.15) is 0 Å². The third kappa shape index (κ3) is 1.51. The number of nitrogens with two attached hydrogens (primary N) is 2. The molecule has 7 heteroatoms. The number of hydrogen-bond acceptors (Lipinski definition) is 4. The maximum Gasteiger partial charge on any atom is 0.586 e. The molecule has 5 nitrogen and oxygen atoms in total. The second-order valence-electron chi connectivity index (χ2n) is 2.92. The standard InChI is InChI=1S/C8H6F2N2O3/c9-8(10)14-5-1-3(7(12)13)4(11)2-6(5)15-8/h1-2H,11H2,(H2,12,13). The molecule has 1 aliphatic heterocycles. The smallest absolute Gasteiger partial charge is 0.398 e. The average Bonchev–Trinajstić information content (AvgIpc) is 2.36. The predicted octanol–water partition coefficient (Wildman–Crippen LogP) is 0.689. The van der Waals surface area contributed by atoms with E-state index in [0.29, 0.717) is 0 Å². The minimum Gasteiger partial charge on any atom is -0.398 e. The number of alkyl halides is 2. The summed E-state index contributed by atoms with van der Waals surface area (Å²) in [6, 6.07) is 2.09. The van der Waals surface area contributed by atoms with Crippen LogP contribution in [0.15, 0.2) is 12.1 Å². The average molecular weight is 216 g/mol. The molecule has 1 aromatic rings. The summed E-state index contributed by atoms with van der Waals surface area (Å²) >= 11 is 0. The summed E-state index contributed by atoms with van der Waals surface area (Å²) in [6.07, 6.45) is -3.73. The number of ether oxygens (including phenoxy) is 2. The van der Waals surface area contributed by atoms with E-state index in [4.69, 9.17) is 11.5 Å². The van der Waals surface area contributed by atoms with Crippen LogP contribution in [0.2, 0.25) is 0 Å². The van der Waals surface area contributed by atoms with E-state index in [1.54, 1.807) is 0 Å². The second kappa shape index (κ2) is 2.72. The van der Waals surface area contributed by atoms with Gasteiger partial charge in [-0.15, -0.1) is 8.78 Å². The van der Waals surface area contributed by atoms with Crippen LogP contribution in [-0.2, 0) is 0 Å². The van der Waals surface area contributed by atoms with Gasteiger partial charge in [0.2, 0.25) is 0 Å². The predicted molar refractivity (Wildman–Crippen MR) is 45.6 cm³/mol. The molecule has 0 saturated heterocycles. The van der Waals surface area contributed by atoms with Crippen LogP contribution < -0.4 is 20.9 Å². The number of benzene rings is 1. The first kappa shape index (κ1) is 9.50. The Morgan fingerprint density at radius 1 is 1.27 bits per heavy atom. The van der Waals surface area contributed by atoms with Crippen LogP contribution in [0.1, 0.15) is 10.4 Å². The lowest BCUT2D eigenvalue weighted by molar-refractivity contribution is -0.286. The number of anilines is 1. The fourth-order valence-corrected chi connectivity index (χ4v) is 1.23. The van der Waals surface area contributed by atoms with Gasteiger partial charge in [-0.1, -0.05) is 0 Å². The van der Waals surface area contributed by atoms with Gasteiger partial charge in [0.25, 0.3) is 5.91 Å². The van der Waals surface area contributed by atoms with Crippen molar-refractivity contribution in [3.8, 4) is 11.5 Å². The lowest BCUT2D eigenvalue weighted by Gasteiger charge is -2.04. The van der Waals surface area contributed by atoms with Crippen molar-refractivity contribution in [1.82, 2.24) is 0 Å². The minimum atomic E-state index is -3.73. The number of rotatable bonds is 1. The van der Waals surface area contributed by atoms with Gasteiger partial charge in [-0.3, -0.25) is 4.79 Å². The van der Waals surface area contributed by atoms with Crippen LogP contribution in [0.5, 0.6) is 11.5 Å². The zero-order valence-corrected chi connectivity index (χ0v) is 7.29. The van der Waals surface area contributed by atoms with Crippen molar-refractivity contribution in [2.45, 2.75) is 6.29 Å². The Hall–Kier alpha value is -2.05. The first-order valence-corrected chi connectivity index (χ1v) is 3.88. The van der Waals surface area contributed by atoms with Crippen molar-refractivity contribution in [3.05, 3.63) is 17.7 Å². The van der Waals surface area contributed by atoms with E-state index in [9.17, 15) is 13.6 Å². The molecule has 1 amide bonds. The Morgan fingerprint density at radius 3 is 2.33 bits per heavy atom. The number of amides is 1. The Kier molecular flexibility index (Phi) is 1.72. The molecule has 1 aliphatic rings. The highest BCUT2D eigenvalue weighted by molar-refractivity contribution is 5.98. The van der Waals surface area contributed by atoms with E-state index in [0.717, 1.165) is 12.1 Å². The third-order valence-corrected chi connectivity index (χ3v) is 1.84. The number of carbonyl (C=O) groups excluding carboxylic acids is 1. The lowest BCUT2D eigenvalue weighted by Crippen LogP contribution is -2.25. The third-order valence-electron chi connectivity index (χ3n) is 1.84. The summed E-state index contributed by atoms with van der Waals surface area (Å²) in [5.74, 6) is -1.31. The van der Waals surface area contributed by atoms with Gasteiger partial charge in [0.15, 0.2) is 11.5 Å². The van der Waals surface area contributed by atoms with E-state index >= 15 is 0 Å². The van der Waals surface area contributed by atoms with Crippen molar-refractivity contribution < 1.29 is 23.0 Å². The summed E-state index contributed by atoms with van der Waals surface area (Å²) in [5, 5.41) is 0. The molecule has 4 N–H and O–H groups in total. The maximum absolute atomic E-state index is 12.6. The van der Waals surface area contributed by atoms with Crippen LogP contribution in [0.4, 0.5) is 14.5 Å². The molecule has 1 aromatic carbocycles. The van der Waals surface area contributed by atoms with E-state index in [1.165, 1.54) is 0 Å². The number of carbonyl (C=O) groups is 1. The summed E-state index contributed by atoms with van der Waals surface area (Å²) < 4.78 is 33.4. The molecule has 0 radical (unpaired) electrons. The summed E-state index contributed by atoms with van der Waals surface area (Å²) in [6.45, 7) is 0. The Labute approximate surface area is 82.6 Å². The summed E-state index contributed by atoms with van der Waals surface area (Å²) in [7, 11) is 0. The molecule has 0 spiro atoms. The minimum absolute atomic E-state index is 0.0393. The molecular weight excluding hydrogens is 210 g/mol. The second-order valence-corrected chi connectivity index (χ2v) is 2.92. The molecule has 0 saturated carbocycles. The highest BCUT2D eigenvalue weighted by Gasteiger charge is 2.43. The van der Waals surface area contributed by atoms with Crippen molar-refractivity contribution in [1.29, 1.82) is 0 Å². The number of halogens is 2. The normalized spacial score (nSPS) is 16.4. The van der Waals surface area contributed by atoms with E-state index in [-0.39, 0.29) is 22.7 Å². The molecular formula is C8H6F2N2O3. The van der Waals surface area contributed by atoms with Crippen molar-refractivity contribution in [3.63, 3.8) is 0 Å². The van der Waals surface area contributed by atoms with Gasteiger partial charge in [-0.25, -0.2) is 0 Å². The number of nitrogen functional groups attached to an aromatic ring is 1. The van der Waals surface area contributed by atoms with Crippen LogP contribution in [-0.4, -0.2) is 12.2 Å². The van der Waals surface area contributed by atoms with Crippen molar-refractivity contribution in [2.75, 3.05) is 5.73 Å². The van der Waals surface area contributed by atoms with Crippen LogP contribution >= 0.6 is 0 Å². The van der Waals surface area contributed by atoms with E-state index in [2.05, 4.69) is 9.47 Å².